The molecule has 2 aliphatic heterocycles. The summed E-state index contributed by atoms with van der Waals surface area (Å²) in [6, 6.07) is 14.6. The highest BCUT2D eigenvalue weighted by atomic mass is 35.5. The second-order valence-corrected chi connectivity index (χ2v) is 9.68. The summed E-state index contributed by atoms with van der Waals surface area (Å²) in [6.07, 6.45) is -2.64. The summed E-state index contributed by atoms with van der Waals surface area (Å²) >= 11 is 6.06. The Labute approximate surface area is 213 Å². The van der Waals surface area contributed by atoms with Crippen LogP contribution in [0.2, 0.25) is 5.02 Å². The number of allylic oxidation sites excluding steroid dienone is 3. The fourth-order valence-electron chi connectivity index (χ4n) is 4.92. The van der Waals surface area contributed by atoms with Crippen LogP contribution in [0.25, 0.3) is 5.70 Å². The van der Waals surface area contributed by atoms with E-state index in [0.717, 1.165) is 40.9 Å². The Balaban J connectivity index is 1.41. The summed E-state index contributed by atoms with van der Waals surface area (Å²) in [5.41, 5.74) is 4.47. The van der Waals surface area contributed by atoms with Crippen molar-refractivity contribution in [1.82, 2.24) is 5.32 Å². The van der Waals surface area contributed by atoms with Crippen LogP contribution in [-0.4, -0.2) is 63.5 Å². The topological polar surface area (TPSA) is 128 Å². The van der Waals surface area contributed by atoms with Crippen molar-refractivity contribution in [2.45, 2.75) is 55.9 Å². The quantitative estimate of drug-likeness (QED) is 0.412. The number of hydrogen-bond donors (Lipinski definition) is 5. The van der Waals surface area contributed by atoms with Crippen LogP contribution in [0.15, 0.2) is 65.9 Å². The fourth-order valence-corrected chi connectivity index (χ4v) is 5.05. The molecule has 9 heteroatoms. The molecule has 3 aliphatic rings. The normalized spacial score (nSPS) is 30.4. The zero-order chi connectivity index (χ0) is 25.4. The third-order valence-electron chi connectivity index (χ3n) is 6.88. The summed E-state index contributed by atoms with van der Waals surface area (Å²) in [7, 11) is 0. The highest BCUT2D eigenvalue weighted by Crippen LogP contribution is 2.40. The van der Waals surface area contributed by atoms with E-state index in [0.29, 0.717) is 17.2 Å². The first kappa shape index (κ1) is 25.0. The van der Waals surface area contributed by atoms with Crippen LogP contribution in [0.1, 0.15) is 36.3 Å². The summed E-state index contributed by atoms with van der Waals surface area (Å²) in [4.78, 5) is 12.9. The first-order chi connectivity index (χ1) is 17.4. The Bertz CT molecular complexity index is 1180. The molecule has 0 aromatic heterocycles. The molecule has 1 saturated heterocycles. The van der Waals surface area contributed by atoms with E-state index in [1.54, 1.807) is 12.1 Å². The molecule has 1 fully saturated rings. The Hall–Kier alpha value is -2.72. The molecule has 2 aromatic rings. The number of carbonyl (C=O) groups is 1. The smallest absolute Gasteiger partial charge is 0.229 e. The summed E-state index contributed by atoms with van der Waals surface area (Å²) < 4.78 is 11.1. The number of dihydropyridines is 1. The van der Waals surface area contributed by atoms with Gasteiger partial charge in [0.2, 0.25) is 6.29 Å². The van der Waals surface area contributed by atoms with Crippen LogP contribution in [0.4, 0.5) is 0 Å². The molecule has 1 aliphatic carbocycles. The minimum atomic E-state index is -1.52. The van der Waals surface area contributed by atoms with E-state index in [1.807, 2.05) is 42.5 Å². The Morgan fingerprint density at radius 1 is 0.972 bits per heavy atom. The summed E-state index contributed by atoms with van der Waals surface area (Å²) in [6.45, 7) is -0.535. The van der Waals surface area contributed by atoms with E-state index in [4.69, 9.17) is 21.1 Å². The van der Waals surface area contributed by atoms with E-state index < -0.39 is 37.3 Å². The van der Waals surface area contributed by atoms with Crippen LogP contribution in [0, 0.1) is 0 Å². The molecule has 190 valence electrons. The Kier molecular flexibility index (Phi) is 7.16. The maximum absolute atomic E-state index is 12.9. The fraction of sp³-hybridized carbons (Fsp3) is 0.370. The lowest BCUT2D eigenvalue weighted by Gasteiger charge is -2.39. The molecule has 2 heterocycles. The number of ketones is 1. The van der Waals surface area contributed by atoms with Crippen LogP contribution >= 0.6 is 11.6 Å². The number of Topliss-reactive ketones (excluding diaryl/α,β-unsaturated/α-hetero) is 1. The third-order valence-corrected chi connectivity index (χ3v) is 7.13. The monoisotopic (exact) mass is 513 g/mol. The van der Waals surface area contributed by atoms with Crippen molar-refractivity contribution in [2.75, 3.05) is 6.61 Å². The van der Waals surface area contributed by atoms with Gasteiger partial charge in [0, 0.05) is 34.3 Å². The molecule has 0 bridgehead atoms. The summed E-state index contributed by atoms with van der Waals surface area (Å²) in [5.74, 6) is 0.242. The van der Waals surface area contributed by atoms with Gasteiger partial charge in [-0.1, -0.05) is 35.9 Å². The van der Waals surface area contributed by atoms with Crippen molar-refractivity contribution < 1.29 is 34.7 Å². The van der Waals surface area contributed by atoms with Gasteiger partial charge in [-0.3, -0.25) is 4.79 Å². The number of benzene rings is 2. The number of hydrogen-bond acceptors (Lipinski definition) is 8. The molecular weight excluding hydrogens is 486 g/mol. The predicted octanol–water partition coefficient (Wildman–Crippen LogP) is 2.25. The summed E-state index contributed by atoms with van der Waals surface area (Å²) in [5, 5.41) is 43.7. The molecule has 0 spiro atoms. The number of ether oxygens (including phenoxy) is 2. The maximum atomic E-state index is 12.9. The molecule has 2 aromatic carbocycles. The van der Waals surface area contributed by atoms with Crippen molar-refractivity contribution in [3.05, 3.63) is 82.0 Å². The Morgan fingerprint density at radius 2 is 1.69 bits per heavy atom. The second-order valence-electron chi connectivity index (χ2n) is 9.24. The lowest BCUT2D eigenvalue weighted by atomic mass is 9.79. The van der Waals surface area contributed by atoms with Crippen molar-refractivity contribution in [3.8, 4) is 5.75 Å². The molecule has 1 unspecified atom stereocenters. The van der Waals surface area contributed by atoms with Gasteiger partial charge >= 0.3 is 0 Å². The lowest BCUT2D eigenvalue weighted by molar-refractivity contribution is -0.277. The van der Waals surface area contributed by atoms with Crippen molar-refractivity contribution in [1.29, 1.82) is 0 Å². The second kappa shape index (κ2) is 10.3. The first-order valence-electron chi connectivity index (χ1n) is 11.9. The van der Waals surface area contributed by atoms with E-state index >= 15 is 0 Å². The first-order valence-corrected chi connectivity index (χ1v) is 12.3. The largest absolute Gasteiger partial charge is 0.462 e. The van der Waals surface area contributed by atoms with Gasteiger partial charge in [-0.2, -0.15) is 0 Å². The molecular formula is C27H28ClNO7. The maximum Gasteiger partial charge on any atom is 0.229 e. The van der Waals surface area contributed by atoms with Crippen molar-refractivity contribution in [2.24, 2.45) is 0 Å². The van der Waals surface area contributed by atoms with Gasteiger partial charge in [0.15, 0.2) is 5.78 Å². The Morgan fingerprint density at radius 3 is 2.39 bits per heavy atom. The standard InChI is InChI=1S/C27H28ClNO7/c28-16-8-4-15(5-9-16)20-12-18(23-19(29-20)2-1-3-21(23)31)14-6-10-17(11-7-14)35-27-26(34)25(33)24(32)22(13-30)36-27/h4-12,18,22,24-27,29-30,32-34H,1-3,13H2/t18?,22-,24-,25-,26-,27-/m1/s1. The molecule has 0 saturated carbocycles. The molecule has 5 rings (SSSR count). The number of halogens is 1. The average molecular weight is 514 g/mol. The van der Waals surface area contributed by atoms with Gasteiger partial charge < -0.3 is 35.2 Å². The minimum absolute atomic E-state index is 0.127. The van der Waals surface area contributed by atoms with Gasteiger partial charge in [-0.05, 0) is 54.3 Å². The number of rotatable bonds is 5. The highest BCUT2D eigenvalue weighted by Gasteiger charge is 2.44. The number of aliphatic hydroxyl groups excluding tert-OH is 4. The number of aliphatic hydroxyl groups is 4. The van der Waals surface area contributed by atoms with Gasteiger partial charge in [0.05, 0.1) is 6.61 Å². The van der Waals surface area contributed by atoms with Gasteiger partial charge in [0.1, 0.15) is 30.2 Å². The van der Waals surface area contributed by atoms with Crippen LogP contribution in [0.5, 0.6) is 5.75 Å². The zero-order valence-electron chi connectivity index (χ0n) is 19.4. The average Bonchev–Trinajstić information content (AvgIpc) is 2.89. The van der Waals surface area contributed by atoms with Crippen LogP contribution < -0.4 is 10.1 Å². The van der Waals surface area contributed by atoms with Gasteiger partial charge in [-0.25, -0.2) is 0 Å². The highest BCUT2D eigenvalue weighted by molar-refractivity contribution is 6.30. The van der Waals surface area contributed by atoms with E-state index in [-0.39, 0.29) is 11.7 Å². The lowest BCUT2D eigenvalue weighted by Crippen LogP contribution is -2.60. The van der Waals surface area contributed by atoms with Crippen molar-refractivity contribution >= 4 is 23.1 Å². The predicted molar refractivity (Wildman–Crippen MR) is 132 cm³/mol. The van der Waals surface area contributed by atoms with E-state index in [1.165, 1.54) is 0 Å². The minimum Gasteiger partial charge on any atom is -0.462 e. The molecule has 6 atom stereocenters. The van der Waals surface area contributed by atoms with E-state index in [2.05, 4.69) is 5.32 Å². The van der Waals surface area contributed by atoms with Gasteiger partial charge in [0.25, 0.3) is 0 Å². The number of carbonyl (C=O) groups excluding carboxylic acids is 1. The van der Waals surface area contributed by atoms with Crippen LogP contribution in [-0.2, 0) is 9.53 Å². The third kappa shape index (κ3) is 4.80. The molecule has 0 amide bonds. The molecule has 0 radical (unpaired) electrons. The SMILES string of the molecule is O=C1CCCC2=C1C(c1ccc(O[C@@H]3O[C@H](CO)[C@@H](O)[C@@H](O)[C@H]3O)cc1)C=C(c1ccc(Cl)cc1)N2. The molecule has 36 heavy (non-hydrogen) atoms. The van der Waals surface area contributed by atoms with E-state index in [9.17, 15) is 25.2 Å². The molecule has 8 nitrogen and oxygen atoms in total. The molecule has 5 N–H and O–H groups in total. The zero-order valence-corrected chi connectivity index (χ0v) is 20.1. The van der Waals surface area contributed by atoms with Gasteiger partial charge in [-0.15, -0.1) is 0 Å². The van der Waals surface area contributed by atoms with Crippen LogP contribution in [0.3, 0.4) is 0 Å². The number of nitrogens with one attached hydrogen (secondary N) is 1. The van der Waals surface area contributed by atoms with Crippen molar-refractivity contribution in [3.63, 3.8) is 0 Å².